The largest absolute Gasteiger partial charge is 0.377 e. The molecule has 0 unspecified atom stereocenters. The molecular formula is C14H20N4O5S. The third kappa shape index (κ3) is 3.72. The first-order valence-corrected chi connectivity index (χ1v) is 9.47. The molecule has 0 radical (unpaired) electrons. The average Bonchev–Trinajstić information content (AvgIpc) is 2.77. The fraction of sp³-hybridized carbons (Fsp3) is 0.643. The van der Waals surface area contributed by atoms with Gasteiger partial charge in [0.25, 0.3) is 5.91 Å². The Morgan fingerprint density at radius 3 is 2.79 bits per heavy atom. The Bertz CT molecular complexity index is 698. The molecule has 0 aliphatic carbocycles. The van der Waals surface area contributed by atoms with E-state index in [1.54, 1.807) is 4.90 Å². The van der Waals surface area contributed by atoms with Gasteiger partial charge >= 0.3 is 0 Å². The van der Waals surface area contributed by atoms with Gasteiger partial charge in [0.1, 0.15) is 11.3 Å². The van der Waals surface area contributed by atoms with Crippen LogP contribution in [0.25, 0.3) is 0 Å². The van der Waals surface area contributed by atoms with Gasteiger partial charge in [0, 0.05) is 32.0 Å². The first-order valence-electron chi connectivity index (χ1n) is 7.62. The van der Waals surface area contributed by atoms with Crippen molar-refractivity contribution in [2.24, 2.45) is 0 Å². The molecule has 24 heavy (non-hydrogen) atoms. The van der Waals surface area contributed by atoms with Crippen molar-refractivity contribution in [3.63, 3.8) is 0 Å². The number of nitrogens with zero attached hydrogens (tertiary/aromatic N) is 4. The highest BCUT2D eigenvalue weighted by atomic mass is 32.2. The molecule has 3 heterocycles. The Hall–Kier alpha value is -1.62. The monoisotopic (exact) mass is 356 g/mol. The van der Waals surface area contributed by atoms with Crippen LogP contribution in [0.1, 0.15) is 10.5 Å². The third-order valence-corrected chi connectivity index (χ3v) is 5.35. The van der Waals surface area contributed by atoms with Gasteiger partial charge in [0.2, 0.25) is 10.0 Å². The predicted octanol–water partition coefficient (Wildman–Crippen LogP) is -1.02. The highest BCUT2D eigenvalue weighted by Gasteiger charge is 2.43. The van der Waals surface area contributed by atoms with Crippen molar-refractivity contribution in [1.82, 2.24) is 19.2 Å². The van der Waals surface area contributed by atoms with Crippen molar-refractivity contribution in [3.05, 3.63) is 24.3 Å². The van der Waals surface area contributed by atoms with Crippen LogP contribution in [-0.4, -0.2) is 91.4 Å². The zero-order chi connectivity index (χ0) is 17.2. The molecule has 1 spiro atoms. The van der Waals surface area contributed by atoms with Crippen LogP contribution in [0.2, 0.25) is 0 Å². The van der Waals surface area contributed by atoms with Gasteiger partial charge < -0.3 is 14.4 Å². The van der Waals surface area contributed by atoms with Crippen molar-refractivity contribution in [3.8, 4) is 0 Å². The highest BCUT2D eigenvalue weighted by molar-refractivity contribution is 7.88. The van der Waals surface area contributed by atoms with Gasteiger partial charge in [0.05, 0.1) is 38.8 Å². The number of morpholine rings is 1. The molecule has 0 N–H and O–H groups in total. The molecule has 1 aromatic rings. The Kier molecular flexibility index (Phi) is 4.81. The lowest BCUT2D eigenvalue weighted by atomic mass is 10.0. The van der Waals surface area contributed by atoms with Crippen LogP contribution >= 0.6 is 0 Å². The second-order valence-corrected chi connectivity index (χ2v) is 7.98. The van der Waals surface area contributed by atoms with Gasteiger partial charge in [-0.3, -0.25) is 9.78 Å². The molecule has 9 nitrogen and oxygen atoms in total. The minimum absolute atomic E-state index is 0.163. The standard InChI is InChI=1S/C14H20N4O5S/c1-24(20,21)18-5-6-22-11-14(10-18)9-17(4-7-23-14)13(19)12-8-15-2-3-16-12/h2-3,8H,4-7,9-11H2,1H3/t14-/m0/s1. The topological polar surface area (TPSA) is 102 Å². The summed E-state index contributed by atoms with van der Waals surface area (Å²) in [4.78, 5) is 22.1. The van der Waals surface area contributed by atoms with Crippen LogP contribution in [0.5, 0.6) is 0 Å². The van der Waals surface area contributed by atoms with E-state index in [0.29, 0.717) is 19.8 Å². The Morgan fingerprint density at radius 2 is 2.08 bits per heavy atom. The second-order valence-electron chi connectivity index (χ2n) is 6.00. The summed E-state index contributed by atoms with van der Waals surface area (Å²) in [6.45, 7) is 1.95. The highest BCUT2D eigenvalue weighted by Crippen LogP contribution is 2.24. The predicted molar refractivity (Wildman–Crippen MR) is 83.9 cm³/mol. The maximum absolute atomic E-state index is 12.6. The smallest absolute Gasteiger partial charge is 0.274 e. The van der Waals surface area contributed by atoms with Crippen LogP contribution in [0.4, 0.5) is 0 Å². The van der Waals surface area contributed by atoms with Crippen LogP contribution < -0.4 is 0 Å². The summed E-state index contributed by atoms with van der Waals surface area (Å²) < 4.78 is 36.6. The number of sulfonamides is 1. The lowest BCUT2D eigenvalue weighted by Gasteiger charge is -2.42. The van der Waals surface area contributed by atoms with Gasteiger partial charge in [-0.1, -0.05) is 0 Å². The fourth-order valence-corrected chi connectivity index (χ4v) is 3.80. The second kappa shape index (κ2) is 6.71. The average molecular weight is 356 g/mol. The Morgan fingerprint density at radius 1 is 1.25 bits per heavy atom. The number of amides is 1. The van der Waals surface area contributed by atoms with Crippen molar-refractivity contribution in [1.29, 1.82) is 0 Å². The number of hydrogen-bond acceptors (Lipinski definition) is 7. The van der Waals surface area contributed by atoms with E-state index >= 15 is 0 Å². The first-order chi connectivity index (χ1) is 11.4. The van der Waals surface area contributed by atoms with E-state index in [0.717, 1.165) is 6.26 Å². The third-order valence-electron chi connectivity index (χ3n) is 4.10. The Labute approximate surface area is 140 Å². The lowest BCUT2D eigenvalue weighted by molar-refractivity contribution is -0.129. The van der Waals surface area contributed by atoms with E-state index in [9.17, 15) is 13.2 Å². The molecule has 2 fully saturated rings. The SMILES string of the molecule is CS(=O)(=O)N1CCOC[C@]2(CN(C(=O)c3cnccn3)CCO2)C1. The van der Waals surface area contributed by atoms with Crippen LogP contribution in [-0.2, 0) is 19.5 Å². The molecule has 0 saturated carbocycles. The van der Waals surface area contributed by atoms with Crippen molar-refractivity contribution in [2.75, 3.05) is 52.3 Å². The van der Waals surface area contributed by atoms with Crippen LogP contribution in [0, 0.1) is 0 Å². The summed E-state index contributed by atoms with van der Waals surface area (Å²) in [6.07, 6.45) is 5.54. The van der Waals surface area contributed by atoms with Gasteiger partial charge in [-0.2, -0.15) is 4.31 Å². The number of rotatable bonds is 2. The molecule has 0 aromatic carbocycles. The molecule has 0 bridgehead atoms. The maximum atomic E-state index is 12.6. The van der Waals surface area contributed by atoms with Crippen LogP contribution in [0.3, 0.4) is 0 Å². The lowest BCUT2D eigenvalue weighted by Crippen LogP contribution is -2.60. The molecule has 2 saturated heterocycles. The molecule has 3 rings (SSSR count). The molecular weight excluding hydrogens is 336 g/mol. The number of carbonyl (C=O) groups excluding carboxylic acids is 1. The maximum Gasteiger partial charge on any atom is 0.274 e. The van der Waals surface area contributed by atoms with E-state index in [1.807, 2.05) is 0 Å². The zero-order valence-corrected chi connectivity index (χ0v) is 14.2. The molecule has 2 aliphatic heterocycles. The number of aromatic nitrogens is 2. The number of carbonyl (C=O) groups is 1. The molecule has 1 amide bonds. The minimum Gasteiger partial charge on any atom is -0.377 e. The molecule has 1 atom stereocenters. The van der Waals surface area contributed by atoms with Gasteiger partial charge in [0.15, 0.2) is 0 Å². The fourth-order valence-electron chi connectivity index (χ4n) is 2.93. The van der Waals surface area contributed by atoms with E-state index < -0.39 is 15.6 Å². The zero-order valence-electron chi connectivity index (χ0n) is 13.4. The number of ether oxygens (including phenoxy) is 2. The molecule has 2 aliphatic rings. The number of hydrogen-bond donors (Lipinski definition) is 0. The van der Waals surface area contributed by atoms with E-state index in [1.165, 1.54) is 22.9 Å². The molecule has 1 aromatic heterocycles. The van der Waals surface area contributed by atoms with E-state index in [-0.39, 0.29) is 37.8 Å². The van der Waals surface area contributed by atoms with E-state index in [4.69, 9.17) is 9.47 Å². The summed E-state index contributed by atoms with van der Waals surface area (Å²) >= 11 is 0. The summed E-state index contributed by atoms with van der Waals surface area (Å²) in [5.74, 6) is -0.249. The van der Waals surface area contributed by atoms with Gasteiger partial charge in [-0.15, -0.1) is 0 Å². The minimum atomic E-state index is -3.37. The van der Waals surface area contributed by atoms with Crippen LogP contribution in [0.15, 0.2) is 18.6 Å². The summed E-state index contributed by atoms with van der Waals surface area (Å²) in [5.41, 5.74) is -0.612. The van der Waals surface area contributed by atoms with Crippen molar-refractivity contribution < 1.29 is 22.7 Å². The molecule has 10 heteroatoms. The van der Waals surface area contributed by atoms with Gasteiger partial charge in [-0.05, 0) is 0 Å². The van der Waals surface area contributed by atoms with Crippen molar-refractivity contribution >= 4 is 15.9 Å². The molecule has 132 valence electrons. The van der Waals surface area contributed by atoms with Crippen molar-refractivity contribution in [2.45, 2.75) is 5.60 Å². The quantitative estimate of drug-likeness (QED) is 0.668. The first kappa shape index (κ1) is 17.2. The Balaban J connectivity index is 1.79. The summed E-state index contributed by atoms with van der Waals surface area (Å²) in [7, 11) is -3.37. The normalized spacial score (nSPS) is 26.3. The van der Waals surface area contributed by atoms with Gasteiger partial charge in [-0.25, -0.2) is 13.4 Å². The van der Waals surface area contributed by atoms with E-state index in [2.05, 4.69) is 9.97 Å². The summed E-state index contributed by atoms with van der Waals surface area (Å²) in [6, 6.07) is 0. The summed E-state index contributed by atoms with van der Waals surface area (Å²) in [5, 5.41) is 0.